The van der Waals surface area contributed by atoms with Gasteiger partial charge in [-0.05, 0) is 57.3 Å². The van der Waals surface area contributed by atoms with Gasteiger partial charge < -0.3 is 10.2 Å². The average molecular weight is 316 g/mol. The molecular weight excluding hydrogens is 288 g/mol. The standard InChI is InChI=1S/C18H28N4O/c1-21(16-7-8-16)18(23)14-22(13-15-5-2-3-11-20-15)17-6-4-10-19-12-9-17/h2-3,5,11,16-17,19H,4,6-10,12-14H2,1H3/t17-/m1/s1. The van der Waals surface area contributed by atoms with Crippen LogP contribution in [0.25, 0.3) is 0 Å². The zero-order chi connectivity index (χ0) is 16.1. The number of likely N-dealkylation sites (N-methyl/N-ethyl adjacent to an activating group) is 1. The molecule has 1 amide bonds. The number of nitrogens with zero attached hydrogens (tertiary/aromatic N) is 3. The lowest BCUT2D eigenvalue weighted by molar-refractivity contribution is -0.132. The van der Waals surface area contributed by atoms with Gasteiger partial charge in [0.1, 0.15) is 0 Å². The first-order valence-corrected chi connectivity index (χ1v) is 8.84. The van der Waals surface area contributed by atoms with E-state index >= 15 is 0 Å². The largest absolute Gasteiger partial charge is 0.342 e. The number of hydrogen-bond donors (Lipinski definition) is 1. The van der Waals surface area contributed by atoms with Gasteiger partial charge in [0.15, 0.2) is 0 Å². The van der Waals surface area contributed by atoms with E-state index in [4.69, 9.17) is 0 Å². The lowest BCUT2D eigenvalue weighted by Crippen LogP contribution is -2.44. The minimum absolute atomic E-state index is 0.251. The van der Waals surface area contributed by atoms with E-state index in [1.807, 2.05) is 30.3 Å². The van der Waals surface area contributed by atoms with Gasteiger partial charge in [-0.25, -0.2) is 0 Å². The van der Waals surface area contributed by atoms with Crippen molar-refractivity contribution in [3.63, 3.8) is 0 Å². The van der Waals surface area contributed by atoms with Gasteiger partial charge in [0.05, 0.1) is 12.2 Å². The highest BCUT2D eigenvalue weighted by Gasteiger charge is 2.31. The Kier molecular flexibility index (Phi) is 5.62. The van der Waals surface area contributed by atoms with Gasteiger partial charge in [0.25, 0.3) is 0 Å². The van der Waals surface area contributed by atoms with Crippen molar-refractivity contribution in [2.45, 2.75) is 50.7 Å². The Bertz CT molecular complexity index is 495. The Morgan fingerprint density at radius 2 is 2.09 bits per heavy atom. The summed E-state index contributed by atoms with van der Waals surface area (Å²) < 4.78 is 0. The van der Waals surface area contributed by atoms with Gasteiger partial charge in [-0.15, -0.1) is 0 Å². The number of hydrogen-bond acceptors (Lipinski definition) is 4. The molecule has 2 fully saturated rings. The van der Waals surface area contributed by atoms with Crippen LogP contribution in [0.15, 0.2) is 24.4 Å². The molecule has 0 spiro atoms. The maximum atomic E-state index is 12.6. The Labute approximate surface area is 139 Å². The molecule has 1 aromatic heterocycles. The van der Waals surface area contributed by atoms with Crippen molar-refractivity contribution in [3.05, 3.63) is 30.1 Å². The topological polar surface area (TPSA) is 48.5 Å². The molecule has 1 aliphatic carbocycles. The first kappa shape index (κ1) is 16.4. The van der Waals surface area contributed by atoms with Gasteiger partial charge >= 0.3 is 0 Å². The molecule has 1 atom stereocenters. The van der Waals surface area contributed by atoms with Crippen molar-refractivity contribution in [2.75, 3.05) is 26.7 Å². The molecule has 5 heteroatoms. The molecular formula is C18H28N4O. The Morgan fingerprint density at radius 1 is 1.22 bits per heavy atom. The smallest absolute Gasteiger partial charge is 0.236 e. The molecule has 2 heterocycles. The summed E-state index contributed by atoms with van der Waals surface area (Å²) in [6, 6.07) is 6.96. The maximum absolute atomic E-state index is 12.6. The molecule has 2 aliphatic rings. The van der Waals surface area contributed by atoms with E-state index in [2.05, 4.69) is 21.3 Å². The maximum Gasteiger partial charge on any atom is 0.236 e. The number of amides is 1. The van der Waals surface area contributed by atoms with Crippen molar-refractivity contribution >= 4 is 5.91 Å². The highest BCUT2D eigenvalue weighted by Crippen LogP contribution is 2.26. The SMILES string of the molecule is CN(C(=O)CN(Cc1ccccn1)[C@@H]1CCCNCC1)C1CC1. The second-order valence-electron chi connectivity index (χ2n) is 6.80. The van der Waals surface area contributed by atoms with E-state index in [-0.39, 0.29) is 5.91 Å². The Hall–Kier alpha value is -1.46. The third-order valence-corrected chi connectivity index (χ3v) is 4.98. The second kappa shape index (κ2) is 7.88. The summed E-state index contributed by atoms with van der Waals surface area (Å²) in [5.41, 5.74) is 1.05. The summed E-state index contributed by atoms with van der Waals surface area (Å²) in [6.45, 7) is 3.39. The number of carbonyl (C=O) groups excluding carboxylic acids is 1. The molecule has 1 aliphatic heterocycles. The van der Waals surface area contributed by atoms with Crippen LogP contribution in [-0.4, -0.2) is 59.5 Å². The van der Waals surface area contributed by atoms with Gasteiger partial charge in [0.2, 0.25) is 5.91 Å². The normalized spacial score (nSPS) is 21.9. The number of rotatable bonds is 6. The number of pyridine rings is 1. The van der Waals surface area contributed by atoms with Crippen molar-refractivity contribution in [3.8, 4) is 0 Å². The van der Waals surface area contributed by atoms with Crippen molar-refractivity contribution in [2.24, 2.45) is 0 Å². The molecule has 0 unspecified atom stereocenters. The molecule has 1 aromatic rings. The monoisotopic (exact) mass is 316 g/mol. The van der Waals surface area contributed by atoms with Crippen LogP contribution in [0.3, 0.4) is 0 Å². The molecule has 0 aromatic carbocycles. The molecule has 0 radical (unpaired) electrons. The molecule has 1 N–H and O–H groups in total. The van der Waals surface area contributed by atoms with Crippen LogP contribution >= 0.6 is 0 Å². The van der Waals surface area contributed by atoms with E-state index in [1.165, 1.54) is 6.42 Å². The van der Waals surface area contributed by atoms with Crippen LogP contribution in [-0.2, 0) is 11.3 Å². The minimum atomic E-state index is 0.251. The fourth-order valence-electron chi connectivity index (χ4n) is 3.33. The van der Waals surface area contributed by atoms with Crippen molar-refractivity contribution < 1.29 is 4.79 Å². The third-order valence-electron chi connectivity index (χ3n) is 4.98. The first-order valence-electron chi connectivity index (χ1n) is 8.84. The number of carbonyl (C=O) groups is 1. The number of aromatic nitrogens is 1. The summed E-state index contributed by atoms with van der Waals surface area (Å²) in [4.78, 5) is 21.3. The van der Waals surface area contributed by atoms with Crippen LogP contribution in [0.1, 0.15) is 37.8 Å². The molecule has 5 nitrogen and oxygen atoms in total. The van der Waals surface area contributed by atoms with E-state index in [9.17, 15) is 4.79 Å². The van der Waals surface area contributed by atoms with E-state index in [1.54, 1.807) is 0 Å². The van der Waals surface area contributed by atoms with Crippen LogP contribution in [0.4, 0.5) is 0 Å². The quantitative estimate of drug-likeness (QED) is 0.867. The molecule has 126 valence electrons. The average Bonchev–Trinajstić information content (AvgIpc) is 3.41. The number of nitrogens with one attached hydrogen (secondary N) is 1. The highest BCUT2D eigenvalue weighted by molar-refractivity contribution is 5.78. The lowest BCUT2D eigenvalue weighted by atomic mass is 10.1. The van der Waals surface area contributed by atoms with E-state index < -0.39 is 0 Å². The second-order valence-corrected chi connectivity index (χ2v) is 6.80. The lowest BCUT2D eigenvalue weighted by Gasteiger charge is -2.31. The first-order chi connectivity index (χ1) is 11.2. The van der Waals surface area contributed by atoms with Gasteiger partial charge in [-0.1, -0.05) is 6.07 Å². The van der Waals surface area contributed by atoms with Gasteiger partial charge in [-0.2, -0.15) is 0 Å². The van der Waals surface area contributed by atoms with Gasteiger partial charge in [0, 0.05) is 31.9 Å². The van der Waals surface area contributed by atoms with Crippen LogP contribution in [0.5, 0.6) is 0 Å². The minimum Gasteiger partial charge on any atom is -0.342 e. The summed E-state index contributed by atoms with van der Waals surface area (Å²) in [6.07, 6.45) is 7.59. The summed E-state index contributed by atoms with van der Waals surface area (Å²) in [5, 5.41) is 3.46. The molecule has 23 heavy (non-hydrogen) atoms. The molecule has 0 bridgehead atoms. The summed E-state index contributed by atoms with van der Waals surface area (Å²) >= 11 is 0. The van der Waals surface area contributed by atoms with Crippen molar-refractivity contribution in [1.29, 1.82) is 0 Å². The Balaban J connectivity index is 1.67. The van der Waals surface area contributed by atoms with E-state index in [0.717, 1.165) is 51.0 Å². The van der Waals surface area contributed by atoms with E-state index in [0.29, 0.717) is 18.6 Å². The fourth-order valence-corrected chi connectivity index (χ4v) is 3.33. The zero-order valence-electron chi connectivity index (χ0n) is 14.1. The molecule has 3 rings (SSSR count). The molecule has 1 saturated heterocycles. The predicted octanol–water partition coefficient (Wildman–Crippen LogP) is 1.65. The van der Waals surface area contributed by atoms with Crippen molar-refractivity contribution in [1.82, 2.24) is 20.1 Å². The van der Waals surface area contributed by atoms with Crippen LogP contribution < -0.4 is 5.32 Å². The van der Waals surface area contributed by atoms with Crippen LogP contribution in [0, 0.1) is 0 Å². The Morgan fingerprint density at radius 3 is 2.83 bits per heavy atom. The molecule has 1 saturated carbocycles. The summed E-state index contributed by atoms with van der Waals surface area (Å²) in [7, 11) is 1.95. The summed E-state index contributed by atoms with van der Waals surface area (Å²) in [5.74, 6) is 0.251. The third kappa shape index (κ3) is 4.75. The van der Waals surface area contributed by atoms with Crippen LogP contribution in [0.2, 0.25) is 0 Å². The highest BCUT2D eigenvalue weighted by atomic mass is 16.2. The van der Waals surface area contributed by atoms with Gasteiger partial charge in [-0.3, -0.25) is 14.7 Å². The fraction of sp³-hybridized carbons (Fsp3) is 0.667. The zero-order valence-corrected chi connectivity index (χ0v) is 14.1. The predicted molar refractivity (Wildman–Crippen MR) is 90.9 cm³/mol.